The third-order valence-electron chi connectivity index (χ3n) is 1.45. The summed E-state index contributed by atoms with van der Waals surface area (Å²) in [5, 5.41) is -0.146. The lowest BCUT2D eigenvalue weighted by Gasteiger charge is -2.05. The molecule has 4 heteroatoms. The zero-order chi connectivity index (χ0) is 9.68. The summed E-state index contributed by atoms with van der Waals surface area (Å²) in [5.74, 6) is -0.326. The van der Waals surface area contributed by atoms with E-state index in [4.69, 9.17) is 16.3 Å². The van der Waals surface area contributed by atoms with Crippen LogP contribution in [0.15, 0.2) is 30.3 Å². The molecule has 0 aliphatic rings. The minimum absolute atomic E-state index is 0. The molecule has 14 heavy (non-hydrogen) atoms. The van der Waals surface area contributed by atoms with Gasteiger partial charge in [-0.3, -0.25) is 0 Å². The van der Waals surface area contributed by atoms with Crippen molar-refractivity contribution in [2.45, 2.75) is 12.3 Å². The van der Waals surface area contributed by atoms with Crippen molar-refractivity contribution in [3.63, 3.8) is 0 Å². The first-order valence-electron chi connectivity index (χ1n) is 4.06. The monoisotopic (exact) mass is 215 g/mol. The summed E-state index contributed by atoms with van der Waals surface area (Å²) in [5.41, 5.74) is 0.555. The number of hydrogen-bond donors (Lipinski definition) is 1. The molecule has 0 saturated heterocycles. The van der Waals surface area contributed by atoms with Crippen LogP contribution in [-0.4, -0.2) is 18.0 Å². The van der Waals surface area contributed by atoms with Gasteiger partial charge in [0.15, 0.2) is 0 Å². The summed E-state index contributed by atoms with van der Waals surface area (Å²) >= 11 is 5.63. The van der Waals surface area contributed by atoms with Crippen LogP contribution >= 0.6 is 11.6 Å². The predicted octanol–water partition coefficient (Wildman–Crippen LogP) is 2.63. The molecule has 0 amide bonds. The van der Waals surface area contributed by atoms with Gasteiger partial charge in [0.25, 0.3) is 0 Å². The smallest absolute Gasteiger partial charge is 0.338 e. The van der Waals surface area contributed by atoms with Crippen LogP contribution in [0.1, 0.15) is 17.3 Å². The number of halogens is 1. The molecule has 0 aromatic heterocycles. The second kappa shape index (κ2) is 6.40. The van der Waals surface area contributed by atoms with Gasteiger partial charge in [0.2, 0.25) is 0 Å². The fourth-order valence-electron chi connectivity index (χ4n) is 0.848. The number of rotatable bonds is 3. The maximum absolute atomic E-state index is 11.3. The van der Waals surface area contributed by atoms with E-state index >= 15 is 0 Å². The fourth-order valence-corrected chi connectivity index (χ4v) is 0.911. The van der Waals surface area contributed by atoms with Crippen molar-refractivity contribution in [1.29, 1.82) is 0 Å². The highest BCUT2D eigenvalue weighted by molar-refractivity contribution is 6.20. The molecule has 0 spiro atoms. The maximum Gasteiger partial charge on any atom is 0.338 e. The molecule has 0 fully saturated rings. The van der Waals surface area contributed by atoms with Crippen molar-refractivity contribution >= 4 is 17.6 Å². The predicted molar refractivity (Wildman–Crippen MR) is 57.1 cm³/mol. The van der Waals surface area contributed by atoms with Gasteiger partial charge in [0.1, 0.15) is 6.61 Å². The molecule has 0 aliphatic carbocycles. The Balaban J connectivity index is 0.00000169. The van der Waals surface area contributed by atoms with Crippen LogP contribution in [0.25, 0.3) is 0 Å². The van der Waals surface area contributed by atoms with E-state index in [1.54, 1.807) is 31.2 Å². The van der Waals surface area contributed by atoms with E-state index < -0.39 is 0 Å². The molecule has 0 radical (unpaired) electrons. The van der Waals surface area contributed by atoms with E-state index in [-0.39, 0.29) is 24.1 Å². The summed E-state index contributed by atoms with van der Waals surface area (Å²) in [7, 11) is 0. The Morgan fingerprint density at radius 3 is 2.50 bits per heavy atom. The second-order valence-electron chi connectivity index (χ2n) is 2.75. The highest BCUT2D eigenvalue weighted by atomic mass is 35.5. The normalized spacial score (nSPS) is 11.3. The van der Waals surface area contributed by atoms with E-state index in [2.05, 4.69) is 0 Å². The number of carbonyl (C=O) groups excluding carboxylic acids is 1. The Kier molecular flexibility index (Phi) is 5.92. The zero-order valence-corrected chi connectivity index (χ0v) is 8.83. The van der Waals surface area contributed by atoms with Gasteiger partial charge in [-0.25, -0.2) is 4.79 Å². The molecule has 0 aliphatic heterocycles. The quantitative estimate of drug-likeness (QED) is 0.623. The summed E-state index contributed by atoms with van der Waals surface area (Å²) in [4.78, 5) is 11.3. The van der Waals surface area contributed by atoms with Gasteiger partial charge < -0.3 is 10.9 Å². The highest BCUT2D eigenvalue weighted by Gasteiger charge is 2.06. The Bertz CT molecular complexity index is 275. The maximum atomic E-state index is 11.3. The standard InChI is InChI=1S/C10H11ClO2.H3N/c1-8(11)7-13-10(12)9-5-3-2-4-6-9;/h2-6,8H,7H2,1H3;1H3. The summed E-state index contributed by atoms with van der Waals surface area (Å²) in [6, 6.07) is 8.85. The van der Waals surface area contributed by atoms with Crippen molar-refractivity contribution in [1.82, 2.24) is 6.15 Å². The lowest BCUT2D eigenvalue weighted by atomic mass is 10.2. The van der Waals surface area contributed by atoms with Crippen LogP contribution in [0.4, 0.5) is 0 Å². The highest BCUT2D eigenvalue weighted by Crippen LogP contribution is 2.02. The first kappa shape index (κ1) is 12.9. The van der Waals surface area contributed by atoms with E-state index in [0.717, 1.165) is 0 Å². The Hall–Kier alpha value is -1.06. The molecule has 1 atom stereocenters. The van der Waals surface area contributed by atoms with Crippen LogP contribution in [0.3, 0.4) is 0 Å². The Morgan fingerprint density at radius 1 is 1.43 bits per heavy atom. The molecule has 78 valence electrons. The second-order valence-corrected chi connectivity index (χ2v) is 3.49. The molecule has 0 heterocycles. The van der Waals surface area contributed by atoms with Crippen LogP contribution in [0.2, 0.25) is 0 Å². The van der Waals surface area contributed by atoms with Gasteiger partial charge in [-0.2, -0.15) is 0 Å². The average molecular weight is 216 g/mol. The van der Waals surface area contributed by atoms with Gasteiger partial charge in [-0.15, -0.1) is 11.6 Å². The minimum Gasteiger partial charge on any atom is -0.461 e. The SMILES string of the molecule is CC(Cl)COC(=O)c1ccccc1.N. The third kappa shape index (κ3) is 4.25. The fraction of sp³-hybridized carbons (Fsp3) is 0.300. The van der Waals surface area contributed by atoms with Crippen LogP contribution < -0.4 is 6.15 Å². The molecule has 0 saturated carbocycles. The lowest BCUT2D eigenvalue weighted by molar-refractivity contribution is 0.0508. The molecule has 1 unspecified atom stereocenters. The summed E-state index contributed by atoms with van der Waals surface area (Å²) in [6.07, 6.45) is 0. The van der Waals surface area contributed by atoms with E-state index in [9.17, 15) is 4.79 Å². The van der Waals surface area contributed by atoms with Gasteiger partial charge in [-0.05, 0) is 19.1 Å². The Morgan fingerprint density at radius 2 is 2.00 bits per heavy atom. The molecular formula is C10H14ClNO2. The number of benzene rings is 1. The summed E-state index contributed by atoms with van der Waals surface area (Å²) < 4.78 is 4.92. The van der Waals surface area contributed by atoms with E-state index in [1.807, 2.05) is 6.07 Å². The number of hydrogen-bond acceptors (Lipinski definition) is 3. The van der Waals surface area contributed by atoms with Crippen molar-refractivity contribution in [2.24, 2.45) is 0 Å². The average Bonchev–Trinajstić information content (AvgIpc) is 2.15. The molecule has 0 bridgehead atoms. The van der Waals surface area contributed by atoms with Crippen molar-refractivity contribution in [2.75, 3.05) is 6.61 Å². The van der Waals surface area contributed by atoms with Crippen LogP contribution in [-0.2, 0) is 4.74 Å². The van der Waals surface area contributed by atoms with Gasteiger partial charge in [0, 0.05) is 0 Å². The van der Waals surface area contributed by atoms with E-state index in [1.165, 1.54) is 0 Å². The van der Waals surface area contributed by atoms with Gasteiger partial charge in [-0.1, -0.05) is 18.2 Å². The number of esters is 1. The zero-order valence-electron chi connectivity index (χ0n) is 8.07. The number of ether oxygens (including phenoxy) is 1. The van der Waals surface area contributed by atoms with Crippen molar-refractivity contribution in [3.8, 4) is 0 Å². The molecule has 1 aromatic carbocycles. The van der Waals surface area contributed by atoms with Gasteiger partial charge in [0.05, 0.1) is 10.9 Å². The first-order valence-corrected chi connectivity index (χ1v) is 4.50. The Labute approximate surface area is 88.6 Å². The van der Waals surface area contributed by atoms with Crippen molar-refractivity contribution < 1.29 is 9.53 Å². The molecule has 3 nitrogen and oxygen atoms in total. The molecular weight excluding hydrogens is 202 g/mol. The topological polar surface area (TPSA) is 61.3 Å². The largest absolute Gasteiger partial charge is 0.461 e. The van der Waals surface area contributed by atoms with Crippen LogP contribution in [0.5, 0.6) is 0 Å². The minimum atomic E-state index is -0.326. The lowest BCUT2D eigenvalue weighted by Crippen LogP contribution is -2.11. The third-order valence-corrected chi connectivity index (χ3v) is 1.58. The van der Waals surface area contributed by atoms with Crippen LogP contribution in [0, 0.1) is 0 Å². The number of alkyl halides is 1. The molecule has 1 rings (SSSR count). The number of carbonyl (C=O) groups is 1. The van der Waals surface area contributed by atoms with E-state index in [0.29, 0.717) is 5.56 Å². The van der Waals surface area contributed by atoms with Crippen molar-refractivity contribution in [3.05, 3.63) is 35.9 Å². The van der Waals surface area contributed by atoms with Gasteiger partial charge >= 0.3 is 5.97 Å². The summed E-state index contributed by atoms with van der Waals surface area (Å²) in [6.45, 7) is 2.02. The molecule has 1 aromatic rings. The molecule has 3 N–H and O–H groups in total. The first-order chi connectivity index (χ1) is 6.20.